The Bertz CT molecular complexity index is 313. The van der Waals surface area contributed by atoms with Crippen LogP contribution in [-0.4, -0.2) is 27.3 Å². The summed E-state index contributed by atoms with van der Waals surface area (Å²) in [5, 5.41) is 0. The molecular weight excluding hydrogens is 283 g/mol. The van der Waals surface area contributed by atoms with Crippen LogP contribution in [-0.2, 0) is 14.1 Å². The second-order valence-electron chi connectivity index (χ2n) is 4.23. The van der Waals surface area contributed by atoms with Crippen molar-refractivity contribution in [1.82, 2.24) is 0 Å². The summed E-state index contributed by atoms with van der Waals surface area (Å²) < 4.78 is 14.0. The Morgan fingerprint density at radius 3 is 2.00 bits per heavy atom. The lowest BCUT2D eigenvalue weighted by Gasteiger charge is -2.05. The maximum absolute atomic E-state index is 11.6. The normalized spacial score (nSPS) is 11.6. The second kappa shape index (κ2) is 13.3. The summed E-state index contributed by atoms with van der Waals surface area (Å²) in [4.78, 5) is 33.1. The first-order chi connectivity index (χ1) is 9.26. The molecule has 6 nitrogen and oxygen atoms in total. The number of unbranched alkanes of at least 4 members (excludes halogenated alkanes) is 3. The van der Waals surface area contributed by atoms with E-state index in [0.29, 0.717) is 6.61 Å². The number of hydrogen-bond acceptors (Lipinski definition) is 3. The lowest BCUT2D eigenvalue weighted by molar-refractivity contribution is -0.139. The van der Waals surface area contributed by atoms with Crippen LogP contribution in [0, 0.1) is 0 Å². The van der Waals surface area contributed by atoms with E-state index in [0.717, 1.165) is 37.7 Å². The van der Waals surface area contributed by atoms with Crippen LogP contribution in [0.15, 0.2) is 11.6 Å². The van der Waals surface area contributed by atoms with Crippen LogP contribution in [0.3, 0.4) is 0 Å². The van der Waals surface area contributed by atoms with Gasteiger partial charge in [-0.2, -0.15) is 0 Å². The Labute approximate surface area is 121 Å². The third kappa shape index (κ3) is 19.7. The minimum absolute atomic E-state index is 0.123. The van der Waals surface area contributed by atoms with E-state index in [1.54, 1.807) is 0 Å². The van der Waals surface area contributed by atoms with Crippen LogP contribution >= 0.6 is 7.82 Å². The van der Waals surface area contributed by atoms with E-state index in [9.17, 15) is 4.79 Å². The van der Waals surface area contributed by atoms with Crippen molar-refractivity contribution in [2.75, 3.05) is 6.61 Å². The predicted molar refractivity (Wildman–Crippen MR) is 78.0 cm³/mol. The number of phosphoric acid groups is 1. The molecule has 0 atom stereocenters. The number of carbonyl (C=O) groups excluding carboxylic acids is 1. The van der Waals surface area contributed by atoms with E-state index < -0.39 is 7.82 Å². The van der Waals surface area contributed by atoms with E-state index in [4.69, 9.17) is 24.0 Å². The highest BCUT2D eigenvalue weighted by atomic mass is 31.2. The lowest BCUT2D eigenvalue weighted by Crippen LogP contribution is -2.08. The fourth-order valence-corrected chi connectivity index (χ4v) is 1.25. The smallest absolute Gasteiger partial charge is 0.462 e. The summed E-state index contributed by atoms with van der Waals surface area (Å²) in [6.45, 7) is 6.80. The van der Waals surface area contributed by atoms with Crippen LogP contribution < -0.4 is 0 Å². The van der Waals surface area contributed by atoms with Gasteiger partial charge in [0.1, 0.15) is 0 Å². The summed E-state index contributed by atoms with van der Waals surface area (Å²) in [6.07, 6.45) is 8.12. The van der Waals surface area contributed by atoms with Crippen LogP contribution in [0.4, 0.5) is 0 Å². The van der Waals surface area contributed by atoms with Gasteiger partial charge in [-0.15, -0.1) is 0 Å². The van der Waals surface area contributed by atoms with Gasteiger partial charge in [0.05, 0.1) is 6.61 Å². The zero-order valence-electron chi connectivity index (χ0n) is 12.5. The van der Waals surface area contributed by atoms with Gasteiger partial charge in [0, 0.05) is 5.57 Å². The van der Waals surface area contributed by atoms with Crippen molar-refractivity contribution in [3.05, 3.63) is 11.6 Å². The minimum atomic E-state index is -4.64. The van der Waals surface area contributed by atoms with E-state index in [2.05, 4.69) is 13.8 Å². The van der Waals surface area contributed by atoms with Crippen LogP contribution in [0.25, 0.3) is 0 Å². The van der Waals surface area contributed by atoms with Crippen molar-refractivity contribution in [1.29, 1.82) is 0 Å². The zero-order chi connectivity index (χ0) is 16.0. The first kappa shape index (κ1) is 21.6. The Morgan fingerprint density at radius 1 is 1.10 bits per heavy atom. The van der Waals surface area contributed by atoms with Crippen LogP contribution in [0.1, 0.15) is 59.3 Å². The van der Waals surface area contributed by atoms with Crippen LogP contribution in [0.5, 0.6) is 0 Å². The Morgan fingerprint density at radius 2 is 1.60 bits per heavy atom. The predicted octanol–water partition coefficient (Wildman–Crippen LogP) is 2.93. The average Bonchev–Trinajstić information content (AvgIpc) is 2.33. The third-order valence-corrected chi connectivity index (χ3v) is 2.32. The first-order valence-electron chi connectivity index (χ1n) is 6.90. The molecule has 0 aromatic carbocycles. The molecular formula is C13H27O6P. The molecule has 0 fully saturated rings. The highest BCUT2D eigenvalue weighted by Crippen LogP contribution is 2.25. The molecule has 3 N–H and O–H groups in total. The van der Waals surface area contributed by atoms with Crippen molar-refractivity contribution >= 4 is 13.8 Å². The summed E-state index contributed by atoms with van der Waals surface area (Å²) >= 11 is 0. The molecule has 20 heavy (non-hydrogen) atoms. The highest BCUT2D eigenvalue weighted by molar-refractivity contribution is 7.45. The van der Waals surface area contributed by atoms with Crippen molar-refractivity contribution in [2.45, 2.75) is 59.3 Å². The molecule has 0 aliphatic rings. The van der Waals surface area contributed by atoms with E-state index in [1.807, 2.05) is 13.0 Å². The Kier molecular flexibility index (Phi) is 14.4. The van der Waals surface area contributed by atoms with Gasteiger partial charge in [-0.25, -0.2) is 9.36 Å². The van der Waals surface area contributed by atoms with Gasteiger partial charge in [0.25, 0.3) is 0 Å². The quantitative estimate of drug-likeness (QED) is 0.275. The molecule has 120 valence electrons. The van der Waals surface area contributed by atoms with Crippen molar-refractivity contribution < 1.29 is 28.8 Å². The molecule has 0 saturated carbocycles. The molecule has 0 aromatic rings. The lowest BCUT2D eigenvalue weighted by atomic mass is 10.1. The van der Waals surface area contributed by atoms with Crippen molar-refractivity contribution in [2.24, 2.45) is 0 Å². The molecule has 0 rings (SSSR count). The summed E-state index contributed by atoms with van der Waals surface area (Å²) in [5.74, 6) is -0.123. The number of carbonyl (C=O) groups is 1. The molecule has 7 heteroatoms. The van der Waals surface area contributed by atoms with E-state index >= 15 is 0 Å². The zero-order valence-corrected chi connectivity index (χ0v) is 13.4. The second-order valence-corrected chi connectivity index (χ2v) is 5.25. The molecule has 0 heterocycles. The van der Waals surface area contributed by atoms with Gasteiger partial charge < -0.3 is 19.4 Å². The first-order valence-corrected chi connectivity index (χ1v) is 8.47. The van der Waals surface area contributed by atoms with E-state index in [1.165, 1.54) is 6.42 Å². The summed E-state index contributed by atoms with van der Waals surface area (Å²) in [7, 11) is -4.64. The molecule has 0 aromatic heterocycles. The number of allylic oxidation sites excluding steroid dienone is 1. The fraction of sp³-hybridized carbons (Fsp3) is 0.769. The third-order valence-electron chi connectivity index (χ3n) is 2.32. The molecule has 0 amide bonds. The summed E-state index contributed by atoms with van der Waals surface area (Å²) in [5.41, 5.74) is 0.833. The minimum Gasteiger partial charge on any atom is -0.462 e. The highest BCUT2D eigenvalue weighted by Gasteiger charge is 2.07. The Balaban J connectivity index is 0. The Hall–Kier alpha value is -0.680. The largest absolute Gasteiger partial charge is 0.466 e. The van der Waals surface area contributed by atoms with Gasteiger partial charge >= 0.3 is 13.8 Å². The SMILES string of the molecule is CCCCC=C(CC)C(=O)OCCCC.O=P(O)(O)O. The number of hydrogen-bond donors (Lipinski definition) is 3. The molecule has 0 radical (unpaired) electrons. The maximum Gasteiger partial charge on any atom is 0.466 e. The maximum atomic E-state index is 11.6. The molecule has 0 aliphatic carbocycles. The molecule has 0 bridgehead atoms. The number of ether oxygens (including phenoxy) is 1. The molecule has 0 unspecified atom stereocenters. The molecule has 0 spiro atoms. The van der Waals surface area contributed by atoms with E-state index in [-0.39, 0.29) is 5.97 Å². The van der Waals surface area contributed by atoms with Crippen molar-refractivity contribution in [3.63, 3.8) is 0 Å². The van der Waals surface area contributed by atoms with Gasteiger partial charge in [0.15, 0.2) is 0 Å². The monoisotopic (exact) mass is 310 g/mol. The molecule has 0 aliphatic heterocycles. The van der Waals surface area contributed by atoms with Gasteiger partial charge in [-0.05, 0) is 19.3 Å². The average molecular weight is 310 g/mol. The van der Waals surface area contributed by atoms with Gasteiger partial charge in [-0.3, -0.25) is 0 Å². The number of esters is 1. The fourth-order valence-electron chi connectivity index (χ4n) is 1.25. The van der Waals surface area contributed by atoms with Crippen molar-refractivity contribution in [3.8, 4) is 0 Å². The summed E-state index contributed by atoms with van der Waals surface area (Å²) in [6, 6.07) is 0. The topological polar surface area (TPSA) is 104 Å². The molecule has 0 saturated heterocycles. The standard InChI is InChI=1S/C13H24O2.H3O4P/c1-4-7-9-10-12(6-3)13(14)15-11-8-5-2;1-5(2,3)4/h10H,4-9,11H2,1-3H3;(H3,1,2,3,4). The van der Waals surface area contributed by atoms with Gasteiger partial charge in [-0.1, -0.05) is 46.1 Å². The van der Waals surface area contributed by atoms with Crippen LogP contribution in [0.2, 0.25) is 0 Å². The van der Waals surface area contributed by atoms with Gasteiger partial charge in [0.2, 0.25) is 0 Å². The number of rotatable bonds is 8.